The number of hydrogen-bond acceptors (Lipinski definition) is 3. The van der Waals surface area contributed by atoms with Crippen molar-refractivity contribution in [1.29, 1.82) is 0 Å². The van der Waals surface area contributed by atoms with Crippen LogP contribution in [0.3, 0.4) is 0 Å². The van der Waals surface area contributed by atoms with Crippen molar-refractivity contribution in [3.8, 4) is 0 Å². The quantitative estimate of drug-likeness (QED) is 0.629. The number of rotatable bonds is 5. The van der Waals surface area contributed by atoms with Crippen molar-refractivity contribution in [2.24, 2.45) is 4.99 Å². The topological polar surface area (TPSA) is 73.8 Å². The maximum absolute atomic E-state index is 12.3. The van der Waals surface area contributed by atoms with Crippen LogP contribution in [0.4, 0.5) is 0 Å². The highest BCUT2D eigenvalue weighted by Gasteiger charge is 2.20. The van der Waals surface area contributed by atoms with E-state index in [1.54, 1.807) is 25.2 Å². The van der Waals surface area contributed by atoms with Crippen LogP contribution in [-0.2, 0) is 16.6 Å². The molecule has 7 heteroatoms. The molecule has 0 fully saturated rings. The molecule has 0 heterocycles. The van der Waals surface area contributed by atoms with Crippen LogP contribution in [0.25, 0.3) is 0 Å². The summed E-state index contributed by atoms with van der Waals surface area (Å²) in [6, 6.07) is 7.21. The van der Waals surface area contributed by atoms with Gasteiger partial charge in [-0.1, -0.05) is 18.2 Å². The Bertz CT molecular complexity index is 595. The highest BCUT2D eigenvalue weighted by Crippen LogP contribution is 2.18. The van der Waals surface area contributed by atoms with Gasteiger partial charge in [0.15, 0.2) is 5.96 Å². The molecule has 118 valence electrons. The van der Waals surface area contributed by atoms with Crippen LogP contribution in [-0.4, -0.2) is 45.9 Å². The summed E-state index contributed by atoms with van der Waals surface area (Å²) < 4.78 is 25.8. The summed E-state index contributed by atoms with van der Waals surface area (Å²) in [7, 11) is 1.28. The van der Waals surface area contributed by atoms with Crippen molar-refractivity contribution in [3.05, 3.63) is 29.8 Å². The van der Waals surface area contributed by atoms with Gasteiger partial charge in [-0.3, -0.25) is 4.99 Å². The molecule has 0 bridgehead atoms. The van der Waals surface area contributed by atoms with Gasteiger partial charge in [0.2, 0.25) is 10.0 Å². The highest BCUT2D eigenvalue weighted by atomic mass is 32.2. The summed E-state index contributed by atoms with van der Waals surface area (Å²) in [4.78, 5) is 4.41. The van der Waals surface area contributed by atoms with Gasteiger partial charge < -0.3 is 10.6 Å². The maximum atomic E-state index is 12.3. The number of guanidine groups is 1. The molecule has 0 saturated carbocycles. The lowest BCUT2D eigenvalue weighted by molar-refractivity contribution is 0.519. The lowest BCUT2D eigenvalue weighted by Crippen LogP contribution is -2.40. The van der Waals surface area contributed by atoms with Crippen LogP contribution in [0.2, 0.25) is 0 Å². The third-order valence-electron chi connectivity index (χ3n) is 2.83. The van der Waals surface area contributed by atoms with Crippen molar-refractivity contribution in [2.75, 3.05) is 21.1 Å². The molecule has 0 saturated heterocycles. The number of benzene rings is 1. The number of aliphatic imine (C=N–C) groups is 1. The van der Waals surface area contributed by atoms with E-state index in [2.05, 4.69) is 15.6 Å². The molecule has 6 nitrogen and oxygen atoms in total. The summed E-state index contributed by atoms with van der Waals surface area (Å²) in [6.45, 7) is 4.41. The Morgan fingerprint density at radius 1 is 1.29 bits per heavy atom. The van der Waals surface area contributed by atoms with Gasteiger partial charge in [-0.15, -0.1) is 0 Å². The van der Waals surface area contributed by atoms with Crippen LogP contribution >= 0.6 is 0 Å². The predicted molar refractivity (Wildman–Crippen MR) is 85.8 cm³/mol. The van der Waals surface area contributed by atoms with E-state index in [1.165, 1.54) is 18.4 Å². The Balaban J connectivity index is 2.96. The minimum absolute atomic E-state index is 0.247. The Kier molecular flexibility index (Phi) is 6.17. The Morgan fingerprint density at radius 3 is 2.43 bits per heavy atom. The second-order valence-corrected chi connectivity index (χ2v) is 7.24. The van der Waals surface area contributed by atoms with Crippen LogP contribution in [0.1, 0.15) is 19.4 Å². The first-order valence-corrected chi connectivity index (χ1v) is 8.20. The predicted octanol–water partition coefficient (Wildman–Crippen LogP) is 1.01. The normalized spacial score (nSPS) is 12.8. The largest absolute Gasteiger partial charge is 0.354 e. The smallest absolute Gasteiger partial charge is 0.242 e. The average molecular weight is 312 g/mol. The SMILES string of the molecule is CN=C(NCc1ccccc1S(=O)(=O)N(C)C)NC(C)C. The summed E-state index contributed by atoms with van der Waals surface area (Å²) in [5.41, 5.74) is 0.706. The first-order chi connectivity index (χ1) is 9.78. The molecule has 0 aliphatic carbocycles. The zero-order valence-electron chi connectivity index (χ0n) is 13.2. The molecule has 0 unspecified atom stereocenters. The molecular weight excluding hydrogens is 288 g/mol. The van der Waals surface area contributed by atoms with E-state index in [0.717, 1.165) is 0 Å². The monoisotopic (exact) mass is 312 g/mol. The van der Waals surface area contributed by atoms with E-state index in [-0.39, 0.29) is 6.04 Å². The zero-order valence-corrected chi connectivity index (χ0v) is 14.0. The van der Waals surface area contributed by atoms with Crippen LogP contribution < -0.4 is 10.6 Å². The second kappa shape index (κ2) is 7.42. The first-order valence-electron chi connectivity index (χ1n) is 6.76. The molecule has 0 amide bonds. The first kappa shape index (κ1) is 17.5. The lowest BCUT2D eigenvalue weighted by atomic mass is 10.2. The molecular formula is C14H24N4O2S. The molecule has 21 heavy (non-hydrogen) atoms. The fraction of sp³-hybridized carbons (Fsp3) is 0.500. The van der Waals surface area contributed by atoms with Crippen LogP contribution in [0, 0.1) is 0 Å². The van der Waals surface area contributed by atoms with Gasteiger partial charge in [0.25, 0.3) is 0 Å². The van der Waals surface area contributed by atoms with Gasteiger partial charge in [-0.05, 0) is 25.5 Å². The second-order valence-electron chi connectivity index (χ2n) is 5.12. The van der Waals surface area contributed by atoms with Crippen LogP contribution in [0.15, 0.2) is 34.2 Å². The van der Waals surface area contributed by atoms with Crippen molar-refractivity contribution < 1.29 is 8.42 Å². The number of sulfonamides is 1. The maximum Gasteiger partial charge on any atom is 0.242 e. The molecule has 1 rings (SSSR count). The third kappa shape index (κ3) is 4.71. The van der Waals surface area contributed by atoms with E-state index in [0.29, 0.717) is 23.0 Å². The van der Waals surface area contributed by atoms with E-state index >= 15 is 0 Å². The summed E-state index contributed by atoms with van der Waals surface area (Å²) in [6.07, 6.45) is 0. The van der Waals surface area contributed by atoms with Crippen molar-refractivity contribution in [2.45, 2.75) is 31.3 Å². The van der Waals surface area contributed by atoms with Gasteiger partial charge in [-0.25, -0.2) is 12.7 Å². The summed E-state index contributed by atoms with van der Waals surface area (Å²) >= 11 is 0. The standard InChI is InChI=1S/C14H24N4O2S/c1-11(2)17-14(15-3)16-10-12-8-6-7-9-13(12)21(19,20)18(4)5/h6-9,11H,10H2,1-5H3,(H2,15,16,17). The Hall–Kier alpha value is -1.60. The molecule has 0 atom stereocenters. The van der Waals surface area contributed by atoms with E-state index < -0.39 is 10.0 Å². The Labute approximate surface area is 127 Å². The molecule has 1 aromatic carbocycles. The molecule has 1 aromatic rings. The summed E-state index contributed by atoms with van der Waals surface area (Å²) in [5.74, 6) is 0.641. The average Bonchev–Trinajstić information content (AvgIpc) is 2.43. The molecule has 0 aliphatic rings. The molecule has 0 spiro atoms. The molecule has 0 aliphatic heterocycles. The van der Waals surface area contributed by atoms with Gasteiger partial charge in [-0.2, -0.15) is 0 Å². The minimum Gasteiger partial charge on any atom is -0.354 e. The fourth-order valence-corrected chi connectivity index (χ4v) is 2.86. The van der Waals surface area contributed by atoms with Crippen molar-refractivity contribution in [1.82, 2.24) is 14.9 Å². The van der Waals surface area contributed by atoms with Crippen LogP contribution in [0.5, 0.6) is 0 Å². The lowest BCUT2D eigenvalue weighted by Gasteiger charge is -2.17. The third-order valence-corrected chi connectivity index (χ3v) is 4.74. The van der Waals surface area contributed by atoms with E-state index in [9.17, 15) is 8.42 Å². The molecule has 0 aromatic heterocycles. The van der Waals surface area contributed by atoms with Gasteiger partial charge in [0, 0.05) is 33.7 Å². The minimum atomic E-state index is -3.45. The number of hydrogen-bond donors (Lipinski definition) is 2. The number of nitrogens with zero attached hydrogens (tertiary/aromatic N) is 2. The van der Waals surface area contributed by atoms with E-state index in [4.69, 9.17) is 0 Å². The van der Waals surface area contributed by atoms with Crippen molar-refractivity contribution in [3.63, 3.8) is 0 Å². The van der Waals surface area contributed by atoms with Gasteiger partial charge in [0.1, 0.15) is 0 Å². The molecule has 0 radical (unpaired) electrons. The fourth-order valence-electron chi connectivity index (χ4n) is 1.75. The van der Waals surface area contributed by atoms with E-state index in [1.807, 2.05) is 19.9 Å². The number of nitrogens with one attached hydrogen (secondary N) is 2. The Morgan fingerprint density at radius 2 is 1.90 bits per heavy atom. The highest BCUT2D eigenvalue weighted by molar-refractivity contribution is 7.89. The molecule has 2 N–H and O–H groups in total. The zero-order chi connectivity index (χ0) is 16.0. The van der Waals surface area contributed by atoms with Gasteiger partial charge in [0.05, 0.1) is 4.90 Å². The van der Waals surface area contributed by atoms with Gasteiger partial charge >= 0.3 is 0 Å². The summed E-state index contributed by atoms with van der Waals surface area (Å²) in [5, 5.41) is 6.28. The van der Waals surface area contributed by atoms with Crippen molar-refractivity contribution >= 4 is 16.0 Å².